The molecule has 1 atom stereocenters. The zero-order valence-electron chi connectivity index (χ0n) is 20.9. The molecular weight excluding hydrogens is 487 g/mol. The van der Waals surface area contributed by atoms with Gasteiger partial charge in [0.1, 0.15) is 23.1 Å². The Morgan fingerprint density at radius 1 is 1.17 bits per heavy atom. The molecular formula is C26H38Cl2N4O3. The minimum atomic E-state index is -0.722. The summed E-state index contributed by atoms with van der Waals surface area (Å²) in [5, 5.41) is 3.08. The van der Waals surface area contributed by atoms with Crippen LogP contribution in [0.1, 0.15) is 58.6 Å². The van der Waals surface area contributed by atoms with Crippen molar-refractivity contribution in [3.05, 3.63) is 42.4 Å². The lowest BCUT2D eigenvalue weighted by molar-refractivity contribution is -0.161. The molecule has 9 heteroatoms. The van der Waals surface area contributed by atoms with Crippen molar-refractivity contribution in [3.8, 4) is 11.3 Å². The predicted octanol–water partition coefficient (Wildman–Crippen LogP) is 4.69. The van der Waals surface area contributed by atoms with Gasteiger partial charge in [-0.05, 0) is 55.9 Å². The molecule has 1 N–H and O–H groups in total. The number of carbonyl (C=O) groups excluding carboxylic acids is 2. The Kier molecular flexibility index (Phi) is 10.6. The summed E-state index contributed by atoms with van der Waals surface area (Å²) in [6.07, 6.45) is 7.45. The van der Waals surface area contributed by atoms with Gasteiger partial charge in [0.05, 0.1) is 6.54 Å². The molecule has 2 fully saturated rings. The summed E-state index contributed by atoms with van der Waals surface area (Å²) in [5.41, 5.74) is 0.238. The van der Waals surface area contributed by atoms with E-state index in [4.69, 9.17) is 4.42 Å². The van der Waals surface area contributed by atoms with Crippen molar-refractivity contribution in [1.29, 1.82) is 0 Å². The van der Waals surface area contributed by atoms with Gasteiger partial charge in [0, 0.05) is 37.6 Å². The van der Waals surface area contributed by atoms with Crippen LogP contribution in [-0.2, 0) is 16.1 Å². The SMILES string of the molecule is CCCCN1C(=O)C(CC(C)C)NC(=O)C12CCN(Cc1ccc(-c3cccnc3)o1)CC2.Cl.Cl. The average Bonchev–Trinajstić information content (AvgIpc) is 3.28. The van der Waals surface area contributed by atoms with E-state index in [9.17, 15) is 9.59 Å². The number of piperidine rings is 1. The van der Waals surface area contributed by atoms with Crippen LogP contribution in [0.25, 0.3) is 11.3 Å². The van der Waals surface area contributed by atoms with Gasteiger partial charge in [-0.15, -0.1) is 24.8 Å². The third kappa shape index (κ3) is 6.38. The molecule has 7 nitrogen and oxygen atoms in total. The number of pyridine rings is 1. The van der Waals surface area contributed by atoms with Gasteiger partial charge in [0.25, 0.3) is 0 Å². The Morgan fingerprint density at radius 3 is 2.54 bits per heavy atom. The molecule has 4 heterocycles. The van der Waals surface area contributed by atoms with Gasteiger partial charge in [-0.25, -0.2) is 0 Å². The van der Waals surface area contributed by atoms with E-state index in [1.54, 1.807) is 12.4 Å². The fourth-order valence-electron chi connectivity index (χ4n) is 5.07. The van der Waals surface area contributed by atoms with E-state index in [1.165, 1.54) is 0 Å². The minimum Gasteiger partial charge on any atom is -0.460 e. The zero-order valence-corrected chi connectivity index (χ0v) is 22.5. The van der Waals surface area contributed by atoms with Crippen molar-refractivity contribution in [2.45, 2.75) is 71.0 Å². The molecule has 2 aromatic heterocycles. The lowest BCUT2D eigenvalue weighted by atomic mass is 9.80. The first kappa shape index (κ1) is 29.1. The molecule has 35 heavy (non-hydrogen) atoms. The van der Waals surface area contributed by atoms with Crippen LogP contribution in [0, 0.1) is 5.92 Å². The Morgan fingerprint density at radius 2 is 1.91 bits per heavy atom. The van der Waals surface area contributed by atoms with E-state index in [2.05, 4.69) is 36.0 Å². The van der Waals surface area contributed by atoms with Gasteiger partial charge in [-0.1, -0.05) is 27.2 Å². The maximum absolute atomic E-state index is 13.4. The fraction of sp³-hybridized carbons (Fsp3) is 0.577. The summed E-state index contributed by atoms with van der Waals surface area (Å²) >= 11 is 0. The largest absolute Gasteiger partial charge is 0.460 e. The quantitative estimate of drug-likeness (QED) is 0.541. The van der Waals surface area contributed by atoms with Crippen molar-refractivity contribution in [1.82, 2.24) is 20.1 Å². The molecule has 0 aromatic carbocycles. The van der Waals surface area contributed by atoms with Gasteiger partial charge in [-0.2, -0.15) is 0 Å². The summed E-state index contributed by atoms with van der Waals surface area (Å²) in [5.74, 6) is 2.19. The van der Waals surface area contributed by atoms with E-state index in [0.717, 1.165) is 43.0 Å². The first-order chi connectivity index (χ1) is 15.9. The summed E-state index contributed by atoms with van der Waals surface area (Å²) in [4.78, 5) is 35.1. The number of rotatable bonds is 8. The number of hydrogen-bond donors (Lipinski definition) is 1. The molecule has 0 radical (unpaired) electrons. The van der Waals surface area contributed by atoms with Crippen molar-refractivity contribution in [2.24, 2.45) is 5.92 Å². The molecule has 194 valence electrons. The van der Waals surface area contributed by atoms with Crippen LogP contribution in [-0.4, -0.2) is 57.8 Å². The van der Waals surface area contributed by atoms with Crippen LogP contribution in [0.2, 0.25) is 0 Å². The number of furan rings is 1. The van der Waals surface area contributed by atoms with Crippen LogP contribution in [0.4, 0.5) is 0 Å². The topological polar surface area (TPSA) is 78.7 Å². The number of nitrogens with one attached hydrogen (secondary N) is 1. The van der Waals surface area contributed by atoms with Crippen molar-refractivity contribution < 1.29 is 14.0 Å². The maximum atomic E-state index is 13.4. The van der Waals surface area contributed by atoms with Gasteiger partial charge in [-0.3, -0.25) is 19.5 Å². The van der Waals surface area contributed by atoms with Gasteiger partial charge in [0.15, 0.2) is 0 Å². The molecule has 2 aromatic rings. The second kappa shape index (κ2) is 12.7. The lowest BCUT2D eigenvalue weighted by Gasteiger charge is -2.51. The number of aromatic nitrogens is 1. The third-order valence-corrected chi connectivity index (χ3v) is 6.92. The third-order valence-electron chi connectivity index (χ3n) is 6.92. The first-order valence-corrected chi connectivity index (χ1v) is 12.3. The molecule has 4 rings (SSSR count). The zero-order chi connectivity index (χ0) is 23.4. The van der Waals surface area contributed by atoms with Gasteiger partial charge >= 0.3 is 0 Å². The minimum absolute atomic E-state index is 0. The molecule has 0 bridgehead atoms. The Balaban J connectivity index is 0.00000216. The normalized spacial score (nSPS) is 19.9. The van der Waals surface area contributed by atoms with Crippen molar-refractivity contribution in [2.75, 3.05) is 19.6 Å². The highest BCUT2D eigenvalue weighted by molar-refractivity contribution is 6.00. The Labute approximate surface area is 220 Å². The maximum Gasteiger partial charge on any atom is 0.246 e. The molecule has 0 aliphatic carbocycles. The molecule has 2 saturated heterocycles. The molecule has 2 aliphatic heterocycles. The fourth-order valence-corrected chi connectivity index (χ4v) is 5.07. The number of hydrogen-bond acceptors (Lipinski definition) is 5. The van der Waals surface area contributed by atoms with Crippen LogP contribution in [0.15, 0.2) is 41.1 Å². The molecule has 2 amide bonds. The molecule has 0 saturated carbocycles. The number of piperazine rings is 1. The highest BCUT2D eigenvalue weighted by Crippen LogP contribution is 2.35. The second-order valence-electron chi connectivity index (χ2n) is 9.81. The smallest absolute Gasteiger partial charge is 0.246 e. The number of amides is 2. The van der Waals surface area contributed by atoms with Crippen LogP contribution in [0.3, 0.4) is 0 Å². The summed E-state index contributed by atoms with van der Waals surface area (Å²) in [6.45, 7) is 9.15. The first-order valence-electron chi connectivity index (χ1n) is 12.3. The Bertz CT molecular complexity index is 959. The van der Waals surface area contributed by atoms with E-state index in [1.807, 2.05) is 29.2 Å². The number of likely N-dealkylation sites (tertiary alicyclic amines) is 1. The Hall–Kier alpha value is -2.09. The van der Waals surface area contributed by atoms with Gasteiger partial charge in [0.2, 0.25) is 11.8 Å². The lowest BCUT2D eigenvalue weighted by Crippen LogP contribution is -2.73. The van der Waals surface area contributed by atoms with E-state index < -0.39 is 11.6 Å². The predicted molar refractivity (Wildman–Crippen MR) is 142 cm³/mol. The number of nitrogens with zero attached hydrogens (tertiary/aromatic N) is 3. The molecule has 1 spiro atoms. The van der Waals surface area contributed by atoms with E-state index >= 15 is 0 Å². The highest BCUT2D eigenvalue weighted by atomic mass is 35.5. The standard InChI is InChI=1S/C26H36N4O3.2ClH/c1-4-5-13-30-24(31)22(16-19(2)3)28-25(32)26(30)10-14-29(15-11-26)18-21-8-9-23(33-21)20-7-6-12-27-17-20;;/h6-9,12,17,19,22H,4-5,10-11,13-16,18H2,1-3H3,(H,28,32);2*1H. The van der Waals surface area contributed by atoms with Crippen molar-refractivity contribution >= 4 is 36.6 Å². The highest BCUT2D eigenvalue weighted by Gasteiger charge is 2.53. The van der Waals surface area contributed by atoms with Crippen LogP contribution in [0.5, 0.6) is 0 Å². The molecule has 1 unspecified atom stereocenters. The number of halogens is 2. The monoisotopic (exact) mass is 524 g/mol. The van der Waals surface area contributed by atoms with Crippen LogP contribution >= 0.6 is 24.8 Å². The van der Waals surface area contributed by atoms with E-state index in [0.29, 0.717) is 38.3 Å². The van der Waals surface area contributed by atoms with Crippen molar-refractivity contribution in [3.63, 3.8) is 0 Å². The number of carbonyl (C=O) groups is 2. The van der Waals surface area contributed by atoms with E-state index in [-0.39, 0.29) is 36.6 Å². The second-order valence-corrected chi connectivity index (χ2v) is 9.81. The van der Waals surface area contributed by atoms with Crippen LogP contribution < -0.4 is 5.32 Å². The number of unbranched alkanes of at least 4 members (excludes halogenated alkanes) is 1. The average molecular weight is 526 g/mol. The summed E-state index contributed by atoms with van der Waals surface area (Å²) in [6, 6.07) is 7.47. The van der Waals surface area contributed by atoms with Gasteiger partial charge < -0.3 is 14.6 Å². The summed E-state index contributed by atoms with van der Waals surface area (Å²) < 4.78 is 6.05. The summed E-state index contributed by atoms with van der Waals surface area (Å²) in [7, 11) is 0. The molecule has 2 aliphatic rings.